The summed E-state index contributed by atoms with van der Waals surface area (Å²) in [5, 5.41) is 13.3. The number of aryl methyl sites for hydroxylation is 1. The van der Waals surface area contributed by atoms with Crippen molar-refractivity contribution < 1.29 is 18.3 Å². The van der Waals surface area contributed by atoms with Gasteiger partial charge >= 0.3 is 6.18 Å². The number of halogens is 3. The average Bonchev–Trinajstić information content (AvgIpc) is 2.85. The van der Waals surface area contributed by atoms with Gasteiger partial charge in [-0.25, -0.2) is 0 Å². The second kappa shape index (κ2) is 7.61. The number of hydrogen-bond acceptors (Lipinski definition) is 3. The molecule has 2 aromatic rings. The van der Waals surface area contributed by atoms with Gasteiger partial charge in [0.25, 0.3) is 0 Å². The zero-order chi connectivity index (χ0) is 16.9. The first kappa shape index (κ1) is 17.5. The highest BCUT2D eigenvalue weighted by Crippen LogP contribution is 2.24. The van der Waals surface area contributed by atoms with Gasteiger partial charge in [-0.1, -0.05) is 30.3 Å². The molecule has 0 bridgehead atoms. The Kier molecular flexibility index (Phi) is 5.79. The quantitative estimate of drug-likeness (QED) is 0.850. The van der Waals surface area contributed by atoms with Crippen molar-refractivity contribution in [3.8, 4) is 11.3 Å². The van der Waals surface area contributed by atoms with Crippen LogP contribution in [0.25, 0.3) is 11.3 Å². The van der Waals surface area contributed by atoms with Crippen LogP contribution in [-0.4, -0.2) is 45.7 Å². The Morgan fingerprint density at radius 1 is 1.22 bits per heavy atom. The first-order valence-corrected chi connectivity index (χ1v) is 7.37. The molecular formula is C16H20F3N3O. The fourth-order valence-electron chi connectivity index (χ4n) is 2.50. The van der Waals surface area contributed by atoms with Crippen molar-refractivity contribution in [1.82, 2.24) is 14.7 Å². The number of benzene rings is 1. The van der Waals surface area contributed by atoms with E-state index in [1.54, 1.807) is 17.9 Å². The molecule has 0 spiro atoms. The van der Waals surface area contributed by atoms with E-state index in [4.69, 9.17) is 5.11 Å². The molecule has 0 aliphatic rings. The molecule has 1 aromatic carbocycles. The summed E-state index contributed by atoms with van der Waals surface area (Å²) in [6.07, 6.45) is -2.23. The van der Waals surface area contributed by atoms with Gasteiger partial charge in [-0.2, -0.15) is 18.3 Å². The van der Waals surface area contributed by atoms with E-state index < -0.39 is 12.7 Å². The van der Waals surface area contributed by atoms with Crippen molar-refractivity contribution in [3.63, 3.8) is 0 Å². The van der Waals surface area contributed by atoms with Crippen LogP contribution in [0.1, 0.15) is 12.0 Å². The first-order valence-electron chi connectivity index (χ1n) is 7.37. The second-order valence-corrected chi connectivity index (χ2v) is 5.45. The van der Waals surface area contributed by atoms with Crippen LogP contribution in [0.2, 0.25) is 0 Å². The zero-order valence-corrected chi connectivity index (χ0v) is 12.9. The molecule has 0 fully saturated rings. The van der Waals surface area contributed by atoms with E-state index in [1.165, 1.54) is 4.90 Å². The number of aliphatic hydroxyl groups is 1. The smallest absolute Gasteiger partial charge is 0.396 e. The van der Waals surface area contributed by atoms with Gasteiger partial charge in [0.2, 0.25) is 0 Å². The number of aliphatic hydroxyl groups excluding tert-OH is 1. The summed E-state index contributed by atoms with van der Waals surface area (Å²) in [7, 11) is 1.75. The molecule has 0 radical (unpaired) electrons. The number of rotatable bonds is 7. The minimum Gasteiger partial charge on any atom is -0.396 e. The maximum absolute atomic E-state index is 12.7. The highest BCUT2D eigenvalue weighted by molar-refractivity contribution is 5.62. The lowest BCUT2D eigenvalue weighted by Crippen LogP contribution is -2.35. The van der Waals surface area contributed by atoms with Gasteiger partial charge in [-0.15, -0.1) is 0 Å². The molecule has 1 heterocycles. The zero-order valence-electron chi connectivity index (χ0n) is 12.9. The second-order valence-electron chi connectivity index (χ2n) is 5.45. The highest BCUT2D eigenvalue weighted by Gasteiger charge is 2.31. The van der Waals surface area contributed by atoms with Crippen LogP contribution in [0.3, 0.4) is 0 Å². The molecule has 0 amide bonds. The minimum atomic E-state index is -4.27. The summed E-state index contributed by atoms with van der Waals surface area (Å²) >= 11 is 0. The first-order chi connectivity index (χ1) is 10.9. The number of hydrogen-bond donors (Lipinski definition) is 1. The SMILES string of the molecule is Cn1cc(CN(CCCO)CC(F)(F)F)c(-c2ccccc2)n1. The van der Waals surface area contributed by atoms with Gasteiger partial charge in [0, 0.05) is 44.1 Å². The fourth-order valence-corrected chi connectivity index (χ4v) is 2.50. The van der Waals surface area contributed by atoms with Crippen molar-refractivity contribution >= 4 is 0 Å². The predicted octanol–water partition coefficient (Wildman–Crippen LogP) is 2.83. The Balaban J connectivity index is 2.22. The average molecular weight is 327 g/mol. The molecule has 7 heteroatoms. The van der Waals surface area contributed by atoms with E-state index in [9.17, 15) is 13.2 Å². The van der Waals surface area contributed by atoms with E-state index in [1.807, 2.05) is 30.3 Å². The van der Waals surface area contributed by atoms with Crippen molar-refractivity contribution in [2.24, 2.45) is 7.05 Å². The van der Waals surface area contributed by atoms with Crippen molar-refractivity contribution in [3.05, 3.63) is 42.1 Å². The summed E-state index contributed by atoms with van der Waals surface area (Å²) in [4.78, 5) is 1.29. The van der Waals surface area contributed by atoms with Gasteiger partial charge in [-0.3, -0.25) is 9.58 Å². The van der Waals surface area contributed by atoms with Gasteiger partial charge in [-0.05, 0) is 6.42 Å². The molecule has 1 N–H and O–H groups in total. The van der Waals surface area contributed by atoms with Crippen LogP contribution in [-0.2, 0) is 13.6 Å². The lowest BCUT2D eigenvalue weighted by molar-refractivity contribution is -0.147. The third kappa shape index (κ3) is 5.37. The number of aromatic nitrogens is 2. The molecule has 4 nitrogen and oxygen atoms in total. The van der Waals surface area contributed by atoms with Crippen LogP contribution in [0.4, 0.5) is 13.2 Å². The van der Waals surface area contributed by atoms with E-state index in [-0.39, 0.29) is 19.7 Å². The van der Waals surface area contributed by atoms with Gasteiger partial charge < -0.3 is 5.11 Å². The summed E-state index contributed by atoms with van der Waals surface area (Å²) in [6.45, 7) is -0.820. The number of alkyl halides is 3. The molecule has 23 heavy (non-hydrogen) atoms. The van der Waals surface area contributed by atoms with Crippen LogP contribution in [0.15, 0.2) is 36.5 Å². The monoisotopic (exact) mass is 327 g/mol. The lowest BCUT2D eigenvalue weighted by atomic mass is 10.1. The van der Waals surface area contributed by atoms with Crippen molar-refractivity contribution in [1.29, 1.82) is 0 Å². The van der Waals surface area contributed by atoms with Gasteiger partial charge in [0.15, 0.2) is 0 Å². The number of nitrogens with zero attached hydrogens (tertiary/aromatic N) is 3. The molecule has 0 atom stereocenters. The molecule has 0 saturated carbocycles. The van der Waals surface area contributed by atoms with E-state index >= 15 is 0 Å². The Hall–Kier alpha value is -1.86. The molecule has 1 aromatic heterocycles. The Morgan fingerprint density at radius 2 is 1.91 bits per heavy atom. The van der Waals surface area contributed by atoms with E-state index in [0.717, 1.165) is 11.1 Å². The largest absolute Gasteiger partial charge is 0.401 e. The third-order valence-electron chi connectivity index (χ3n) is 3.38. The van der Waals surface area contributed by atoms with Gasteiger partial charge in [0.1, 0.15) is 0 Å². The van der Waals surface area contributed by atoms with Crippen LogP contribution >= 0.6 is 0 Å². The summed E-state index contributed by atoms with van der Waals surface area (Å²) in [5.74, 6) is 0. The Labute approximate surface area is 133 Å². The normalized spacial score (nSPS) is 12.1. The molecule has 0 saturated heterocycles. The lowest BCUT2D eigenvalue weighted by Gasteiger charge is -2.23. The highest BCUT2D eigenvalue weighted by atomic mass is 19.4. The van der Waals surface area contributed by atoms with Crippen LogP contribution in [0.5, 0.6) is 0 Å². The molecule has 2 rings (SSSR count). The third-order valence-corrected chi connectivity index (χ3v) is 3.38. The molecule has 126 valence electrons. The molecule has 0 aliphatic carbocycles. The Morgan fingerprint density at radius 3 is 2.52 bits per heavy atom. The van der Waals surface area contributed by atoms with Gasteiger partial charge in [0.05, 0.1) is 12.2 Å². The van der Waals surface area contributed by atoms with Crippen molar-refractivity contribution in [2.45, 2.75) is 19.1 Å². The molecule has 0 unspecified atom stereocenters. The summed E-state index contributed by atoms with van der Waals surface area (Å²) < 4.78 is 39.8. The standard InChI is InChI=1S/C16H20F3N3O/c1-21-10-14(15(20-21)13-6-3-2-4-7-13)11-22(8-5-9-23)12-16(17,18)19/h2-4,6-7,10,23H,5,8-9,11-12H2,1H3. The summed E-state index contributed by atoms with van der Waals surface area (Å²) in [6, 6.07) is 9.38. The molecule has 0 aliphatic heterocycles. The van der Waals surface area contributed by atoms with Crippen molar-refractivity contribution in [2.75, 3.05) is 19.7 Å². The van der Waals surface area contributed by atoms with Crippen LogP contribution in [0, 0.1) is 0 Å². The molecular weight excluding hydrogens is 307 g/mol. The maximum atomic E-state index is 12.7. The topological polar surface area (TPSA) is 41.3 Å². The maximum Gasteiger partial charge on any atom is 0.401 e. The van der Waals surface area contributed by atoms with E-state index in [2.05, 4.69) is 5.10 Å². The summed E-state index contributed by atoms with van der Waals surface area (Å²) in [5.41, 5.74) is 2.29. The van der Waals surface area contributed by atoms with E-state index in [0.29, 0.717) is 12.1 Å². The predicted molar refractivity (Wildman–Crippen MR) is 81.7 cm³/mol. The fraction of sp³-hybridized carbons (Fsp3) is 0.438. The minimum absolute atomic E-state index is 0.132. The van der Waals surface area contributed by atoms with Crippen LogP contribution < -0.4 is 0 Å². The Bertz CT molecular complexity index is 611.